The fraction of sp³-hybridized carbons (Fsp3) is 0.667. The standard InChI is InChI=1S/C12H17FN2O4/c1-8-3-4-15(10(17)14-8)9-11(2,18)5-12(6-13,7-16)19-9/h3-4,9,16,18H,5-7H2,1-2H3/t9-,11-,12-/m1/s1. The van der Waals surface area contributed by atoms with E-state index in [0.717, 1.165) is 4.57 Å². The predicted octanol–water partition coefficient (Wildman–Crippen LogP) is -0.0778. The van der Waals surface area contributed by atoms with E-state index in [2.05, 4.69) is 4.98 Å². The Labute approximate surface area is 109 Å². The smallest absolute Gasteiger partial charge is 0.349 e. The SMILES string of the molecule is Cc1ccn([C@@H]2O[C@@](CO)(CF)C[C@@]2(C)O)c(=O)n1. The molecule has 1 aliphatic rings. The molecule has 0 spiro atoms. The molecule has 1 saturated heterocycles. The summed E-state index contributed by atoms with van der Waals surface area (Å²) >= 11 is 0. The molecule has 19 heavy (non-hydrogen) atoms. The number of rotatable bonds is 3. The van der Waals surface area contributed by atoms with E-state index in [0.29, 0.717) is 5.69 Å². The van der Waals surface area contributed by atoms with Gasteiger partial charge in [0.25, 0.3) is 0 Å². The fourth-order valence-electron chi connectivity index (χ4n) is 2.39. The van der Waals surface area contributed by atoms with Crippen LogP contribution in [0.5, 0.6) is 0 Å². The largest absolute Gasteiger partial charge is 0.393 e. The van der Waals surface area contributed by atoms with Crippen LogP contribution in [0.1, 0.15) is 25.3 Å². The quantitative estimate of drug-likeness (QED) is 0.804. The molecule has 1 aliphatic heterocycles. The van der Waals surface area contributed by atoms with Gasteiger partial charge in [0.2, 0.25) is 0 Å². The molecule has 1 aromatic rings. The normalized spacial score (nSPS) is 34.7. The third-order valence-corrected chi connectivity index (χ3v) is 3.33. The van der Waals surface area contributed by atoms with Crippen LogP contribution in [-0.2, 0) is 4.74 Å². The molecule has 2 rings (SSSR count). The monoisotopic (exact) mass is 272 g/mol. The van der Waals surface area contributed by atoms with E-state index >= 15 is 0 Å². The number of nitrogens with zero attached hydrogens (tertiary/aromatic N) is 2. The van der Waals surface area contributed by atoms with Gasteiger partial charge in [-0.25, -0.2) is 9.18 Å². The Morgan fingerprint density at radius 2 is 2.37 bits per heavy atom. The Balaban J connectivity index is 2.42. The topological polar surface area (TPSA) is 84.6 Å². The van der Waals surface area contributed by atoms with Gasteiger partial charge in [0.15, 0.2) is 6.23 Å². The summed E-state index contributed by atoms with van der Waals surface area (Å²) in [7, 11) is 0. The number of alkyl halides is 1. The van der Waals surface area contributed by atoms with E-state index in [-0.39, 0.29) is 6.42 Å². The van der Waals surface area contributed by atoms with Crippen molar-refractivity contribution < 1.29 is 19.3 Å². The first-order valence-electron chi connectivity index (χ1n) is 5.96. The molecular weight excluding hydrogens is 255 g/mol. The molecule has 0 unspecified atom stereocenters. The van der Waals surface area contributed by atoms with E-state index in [1.165, 1.54) is 13.1 Å². The van der Waals surface area contributed by atoms with Crippen LogP contribution in [0.25, 0.3) is 0 Å². The maximum Gasteiger partial charge on any atom is 0.349 e. The van der Waals surface area contributed by atoms with Crippen LogP contribution in [-0.4, -0.2) is 44.2 Å². The number of halogens is 1. The van der Waals surface area contributed by atoms with Gasteiger partial charge in [0.1, 0.15) is 17.9 Å². The Bertz CT molecular complexity index is 525. The summed E-state index contributed by atoms with van der Waals surface area (Å²) in [5, 5.41) is 19.6. The van der Waals surface area contributed by atoms with Crippen molar-refractivity contribution in [1.82, 2.24) is 9.55 Å². The first kappa shape index (κ1) is 14.1. The lowest BCUT2D eigenvalue weighted by atomic mass is 9.92. The third kappa shape index (κ3) is 2.41. The van der Waals surface area contributed by atoms with Gasteiger partial charge in [-0.2, -0.15) is 4.98 Å². The van der Waals surface area contributed by atoms with Crippen molar-refractivity contribution in [2.45, 2.75) is 37.7 Å². The average molecular weight is 272 g/mol. The van der Waals surface area contributed by atoms with Crippen molar-refractivity contribution in [3.8, 4) is 0 Å². The van der Waals surface area contributed by atoms with Crippen LogP contribution in [0.15, 0.2) is 17.1 Å². The Kier molecular flexibility index (Phi) is 3.46. The number of hydrogen-bond donors (Lipinski definition) is 2. The minimum Gasteiger partial charge on any atom is -0.393 e. The first-order valence-corrected chi connectivity index (χ1v) is 5.96. The lowest BCUT2D eigenvalue weighted by molar-refractivity contribution is -0.133. The Hall–Kier alpha value is -1.31. The zero-order valence-corrected chi connectivity index (χ0v) is 10.8. The summed E-state index contributed by atoms with van der Waals surface area (Å²) in [4.78, 5) is 15.6. The lowest BCUT2D eigenvalue weighted by Gasteiger charge is -2.25. The molecular formula is C12H17FN2O4. The second kappa shape index (κ2) is 4.66. The predicted molar refractivity (Wildman–Crippen MR) is 64.4 cm³/mol. The summed E-state index contributed by atoms with van der Waals surface area (Å²) in [5.41, 5.74) is -2.98. The lowest BCUT2D eigenvalue weighted by Crippen LogP contribution is -2.38. The van der Waals surface area contributed by atoms with Gasteiger partial charge in [-0.15, -0.1) is 0 Å². The molecule has 6 nitrogen and oxygen atoms in total. The maximum atomic E-state index is 13.1. The van der Waals surface area contributed by atoms with E-state index in [9.17, 15) is 19.4 Å². The van der Waals surface area contributed by atoms with Crippen molar-refractivity contribution in [3.63, 3.8) is 0 Å². The molecule has 0 radical (unpaired) electrons. The van der Waals surface area contributed by atoms with Crippen molar-refractivity contribution in [2.75, 3.05) is 13.3 Å². The van der Waals surface area contributed by atoms with Gasteiger partial charge in [0.05, 0.1) is 6.61 Å². The summed E-state index contributed by atoms with van der Waals surface area (Å²) in [6.07, 6.45) is 0.268. The van der Waals surface area contributed by atoms with Crippen LogP contribution >= 0.6 is 0 Å². The van der Waals surface area contributed by atoms with Gasteiger partial charge < -0.3 is 14.9 Å². The van der Waals surface area contributed by atoms with Crippen LogP contribution in [0.4, 0.5) is 4.39 Å². The highest BCUT2D eigenvalue weighted by molar-refractivity contribution is 5.03. The Morgan fingerprint density at radius 1 is 1.68 bits per heavy atom. The van der Waals surface area contributed by atoms with Gasteiger partial charge in [-0.1, -0.05) is 0 Å². The third-order valence-electron chi connectivity index (χ3n) is 3.33. The minimum absolute atomic E-state index is 0.0992. The van der Waals surface area contributed by atoms with E-state index in [4.69, 9.17) is 4.74 Å². The van der Waals surface area contributed by atoms with Crippen molar-refractivity contribution in [2.24, 2.45) is 0 Å². The van der Waals surface area contributed by atoms with Gasteiger partial charge in [-0.05, 0) is 19.9 Å². The molecule has 0 aromatic carbocycles. The fourth-order valence-corrected chi connectivity index (χ4v) is 2.39. The molecule has 0 amide bonds. The first-order chi connectivity index (χ1) is 8.83. The van der Waals surface area contributed by atoms with Crippen molar-refractivity contribution in [1.29, 1.82) is 0 Å². The van der Waals surface area contributed by atoms with Gasteiger partial charge in [0, 0.05) is 18.3 Å². The second-order valence-electron chi connectivity index (χ2n) is 5.24. The highest BCUT2D eigenvalue weighted by Crippen LogP contribution is 2.43. The molecule has 1 fully saturated rings. The summed E-state index contributed by atoms with van der Waals surface area (Å²) < 4.78 is 19.6. The van der Waals surface area contributed by atoms with Crippen LogP contribution in [0.3, 0.4) is 0 Å². The number of aryl methyl sites for hydroxylation is 1. The van der Waals surface area contributed by atoms with E-state index in [1.54, 1.807) is 13.0 Å². The average Bonchev–Trinajstić information content (AvgIpc) is 2.62. The number of aliphatic hydroxyl groups is 2. The van der Waals surface area contributed by atoms with Gasteiger partial charge >= 0.3 is 5.69 Å². The molecule has 2 N–H and O–H groups in total. The number of aromatic nitrogens is 2. The summed E-state index contributed by atoms with van der Waals surface area (Å²) in [6.45, 7) is 1.60. The zero-order valence-electron chi connectivity index (χ0n) is 10.8. The highest BCUT2D eigenvalue weighted by Gasteiger charge is 2.54. The van der Waals surface area contributed by atoms with Crippen molar-refractivity contribution >= 4 is 0 Å². The maximum absolute atomic E-state index is 13.1. The molecule has 1 aromatic heterocycles. The molecule has 0 aliphatic carbocycles. The minimum atomic E-state index is -1.47. The molecule has 0 bridgehead atoms. The van der Waals surface area contributed by atoms with Crippen molar-refractivity contribution in [3.05, 3.63) is 28.4 Å². The Morgan fingerprint density at radius 3 is 2.84 bits per heavy atom. The number of aliphatic hydroxyl groups excluding tert-OH is 1. The second-order valence-corrected chi connectivity index (χ2v) is 5.24. The zero-order chi connectivity index (χ0) is 14.3. The van der Waals surface area contributed by atoms with E-state index in [1.807, 2.05) is 0 Å². The molecule has 7 heteroatoms. The highest BCUT2D eigenvalue weighted by atomic mass is 19.1. The number of hydrogen-bond acceptors (Lipinski definition) is 5. The van der Waals surface area contributed by atoms with Crippen LogP contribution < -0.4 is 5.69 Å². The molecule has 2 heterocycles. The summed E-state index contributed by atoms with van der Waals surface area (Å²) in [6, 6.07) is 1.59. The van der Waals surface area contributed by atoms with E-state index < -0.39 is 36.4 Å². The van der Waals surface area contributed by atoms with Crippen LogP contribution in [0, 0.1) is 6.92 Å². The van der Waals surface area contributed by atoms with Crippen LogP contribution in [0.2, 0.25) is 0 Å². The summed E-state index contributed by atoms with van der Waals surface area (Å²) in [5.74, 6) is 0. The molecule has 106 valence electrons. The molecule has 0 saturated carbocycles. The molecule has 3 atom stereocenters. The number of ether oxygens (including phenoxy) is 1. The van der Waals surface area contributed by atoms with Gasteiger partial charge in [-0.3, -0.25) is 4.57 Å².